The van der Waals surface area contributed by atoms with E-state index < -0.39 is 0 Å². The van der Waals surface area contributed by atoms with Crippen LogP contribution in [0.3, 0.4) is 0 Å². The zero-order chi connectivity index (χ0) is 14.9. The van der Waals surface area contributed by atoms with Crippen molar-refractivity contribution in [3.63, 3.8) is 0 Å². The fraction of sp³-hybridized carbons (Fsp3) is 0.312. The van der Waals surface area contributed by atoms with Crippen molar-refractivity contribution in [2.45, 2.75) is 26.3 Å². The smallest absolute Gasteiger partial charge is 0.254 e. The molecule has 0 radical (unpaired) electrons. The van der Waals surface area contributed by atoms with Crippen molar-refractivity contribution in [3.8, 4) is 0 Å². The molecule has 0 spiro atoms. The predicted octanol–water partition coefficient (Wildman–Crippen LogP) is 2.62. The number of aromatic nitrogens is 2. The number of benzene rings is 1. The standard InChI is InChI=1S/C16H20N4O/c1-2-3-9-17-16-19-11-14(12-20-16)15(21)18-10-13-7-5-4-6-8-13/h4-8,11-12H,2-3,9-10H2,1H3,(H,18,21)(H,17,19,20). The minimum Gasteiger partial charge on any atom is -0.354 e. The summed E-state index contributed by atoms with van der Waals surface area (Å²) >= 11 is 0. The third kappa shape index (κ3) is 4.87. The quantitative estimate of drug-likeness (QED) is 0.767. The van der Waals surface area contributed by atoms with Crippen LogP contribution in [0.25, 0.3) is 0 Å². The number of nitrogens with zero attached hydrogens (tertiary/aromatic N) is 2. The molecule has 0 aliphatic heterocycles. The molecule has 110 valence electrons. The molecule has 0 atom stereocenters. The molecule has 1 aromatic carbocycles. The SMILES string of the molecule is CCCCNc1ncc(C(=O)NCc2ccccc2)cn1. The average molecular weight is 284 g/mol. The van der Waals surface area contributed by atoms with Gasteiger partial charge in [0.25, 0.3) is 5.91 Å². The molecule has 0 aliphatic carbocycles. The van der Waals surface area contributed by atoms with Crippen LogP contribution in [0.2, 0.25) is 0 Å². The number of anilines is 1. The molecular formula is C16H20N4O. The molecule has 2 N–H and O–H groups in total. The molecule has 1 heterocycles. The van der Waals surface area contributed by atoms with Gasteiger partial charge in [-0.05, 0) is 12.0 Å². The molecule has 0 saturated carbocycles. The third-order valence-corrected chi connectivity index (χ3v) is 3.02. The van der Waals surface area contributed by atoms with Crippen LogP contribution in [0.15, 0.2) is 42.7 Å². The van der Waals surface area contributed by atoms with E-state index in [0.717, 1.165) is 24.9 Å². The van der Waals surface area contributed by atoms with Crippen molar-refractivity contribution in [2.24, 2.45) is 0 Å². The van der Waals surface area contributed by atoms with E-state index in [2.05, 4.69) is 27.5 Å². The Bertz CT molecular complexity index is 554. The number of rotatable bonds is 7. The zero-order valence-electron chi connectivity index (χ0n) is 12.2. The van der Waals surface area contributed by atoms with E-state index in [1.807, 2.05) is 30.3 Å². The molecule has 0 saturated heterocycles. The van der Waals surface area contributed by atoms with E-state index in [1.54, 1.807) is 12.4 Å². The lowest BCUT2D eigenvalue weighted by Crippen LogP contribution is -2.23. The molecular weight excluding hydrogens is 264 g/mol. The normalized spacial score (nSPS) is 10.1. The molecule has 5 nitrogen and oxygen atoms in total. The highest BCUT2D eigenvalue weighted by molar-refractivity contribution is 5.93. The van der Waals surface area contributed by atoms with E-state index in [-0.39, 0.29) is 5.91 Å². The van der Waals surface area contributed by atoms with Crippen LogP contribution >= 0.6 is 0 Å². The van der Waals surface area contributed by atoms with Crippen molar-refractivity contribution in [2.75, 3.05) is 11.9 Å². The van der Waals surface area contributed by atoms with Crippen molar-refractivity contribution in [3.05, 3.63) is 53.9 Å². The monoisotopic (exact) mass is 284 g/mol. The Labute approximate surface area is 124 Å². The summed E-state index contributed by atoms with van der Waals surface area (Å²) in [5.41, 5.74) is 1.52. The van der Waals surface area contributed by atoms with Crippen molar-refractivity contribution in [1.29, 1.82) is 0 Å². The lowest BCUT2D eigenvalue weighted by atomic mass is 10.2. The first-order valence-electron chi connectivity index (χ1n) is 7.17. The Morgan fingerprint density at radius 1 is 1.14 bits per heavy atom. The van der Waals surface area contributed by atoms with Crippen LogP contribution in [0, 0.1) is 0 Å². The molecule has 1 aromatic heterocycles. The first kappa shape index (κ1) is 15.0. The van der Waals surface area contributed by atoms with E-state index in [0.29, 0.717) is 18.1 Å². The highest BCUT2D eigenvalue weighted by atomic mass is 16.1. The maximum atomic E-state index is 12.0. The number of carbonyl (C=O) groups excluding carboxylic acids is 1. The predicted molar refractivity (Wildman–Crippen MR) is 83.0 cm³/mol. The fourth-order valence-electron chi connectivity index (χ4n) is 1.79. The first-order valence-corrected chi connectivity index (χ1v) is 7.17. The summed E-state index contributed by atoms with van der Waals surface area (Å²) in [4.78, 5) is 20.3. The maximum Gasteiger partial charge on any atom is 0.254 e. The number of unbranched alkanes of at least 4 members (excludes halogenated alkanes) is 1. The van der Waals surface area contributed by atoms with Gasteiger partial charge in [-0.3, -0.25) is 4.79 Å². The van der Waals surface area contributed by atoms with E-state index in [9.17, 15) is 4.79 Å². The van der Waals surface area contributed by atoms with Gasteiger partial charge in [0.05, 0.1) is 5.56 Å². The van der Waals surface area contributed by atoms with Gasteiger partial charge in [-0.1, -0.05) is 43.7 Å². The van der Waals surface area contributed by atoms with Crippen LogP contribution in [0.4, 0.5) is 5.95 Å². The summed E-state index contributed by atoms with van der Waals surface area (Å²) in [5, 5.41) is 5.96. The van der Waals surface area contributed by atoms with Gasteiger partial charge in [0.1, 0.15) is 0 Å². The van der Waals surface area contributed by atoms with Gasteiger partial charge in [0.15, 0.2) is 0 Å². The van der Waals surface area contributed by atoms with Crippen LogP contribution in [0.5, 0.6) is 0 Å². The van der Waals surface area contributed by atoms with Crippen LogP contribution < -0.4 is 10.6 Å². The Morgan fingerprint density at radius 3 is 2.52 bits per heavy atom. The van der Waals surface area contributed by atoms with Crippen LogP contribution in [0.1, 0.15) is 35.7 Å². The number of hydrogen-bond donors (Lipinski definition) is 2. The van der Waals surface area contributed by atoms with E-state index in [4.69, 9.17) is 0 Å². The van der Waals surface area contributed by atoms with Crippen molar-refractivity contribution >= 4 is 11.9 Å². The Balaban J connectivity index is 1.85. The summed E-state index contributed by atoms with van der Waals surface area (Å²) in [6, 6.07) is 9.78. The minimum atomic E-state index is -0.168. The van der Waals surface area contributed by atoms with Crippen LogP contribution in [-0.4, -0.2) is 22.4 Å². The Morgan fingerprint density at radius 2 is 1.86 bits per heavy atom. The summed E-state index contributed by atoms with van der Waals surface area (Å²) in [5.74, 6) is 0.391. The fourth-order valence-corrected chi connectivity index (χ4v) is 1.79. The zero-order valence-corrected chi connectivity index (χ0v) is 12.2. The van der Waals surface area contributed by atoms with Gasteiger partial charge in [0.2, 0.25) is 5.95 Å². The molecule has 2 aromatic rings. The Kier molecular flexibility index (Phi) is 5.70. The highest BCUT2D eigenvalue weighted by Crippen LogP contribution is 2.02. The second-order valence-electron chi connectivity index (χ2n) is 4.74. The largest absolute Gasteiger partial charge is 0.354 e. The minimum absolute atomic E-state index is 0.168. The molecule has 2 rings (SSSR count). The molecule has 5 heteroatoms. The molecule has 1 amide bonds. The first-order chi connectivity index (χ1) is 10.3. The Hall–Kier alpha value is -2.43. The topological polar surface area (TPSA) is 66.9 Å². The average Bonchev–Trinajstić information content (AvgIpc) is 2.54. The number of carbonyl (C=O) groups is 1. The van der Waals surface area contributed by atoms with Gasteiger partial charge in [-0.2, -0.15) is 0 Å². The van der Waals surface area contributed by atoms with Crippen molar-refractivity contribution < 1.29 is 4.79 Å². The molecule has 0 unspecified atom stereocenters. The summed E-state index contributed by atoms with van der Waals surface area (Å²) in [7, 11) is 0. The van der Waals surface area contributed by atoms with Gasteiger partial charge < -0.3 is 10.6 Å². The summed E-state index contributed by atoms with van der Waals surface area (Å²) in [6.45, 7) is 3.47. The van der Waals surface area contributed by atoms with Gasteiger partial charge >= 0.3 is 0 Å². The van der Waals surface area contributed by atoms with Gasteiger partial charge in [-0.15, -0.1) is 0 Å². The molecule has 0 bridgehead atoms. The lowest BCUT2D eigenvalue weighted by molar-refractivity contribution is 0.0950. The highest BCUT2D eigenvalue weighted by Gasteiger charge is 2.06. The van der Waals surface area contributed by atoms with E-state index in [1.165, 1.54) is 0 Å². The lowest BCUT2D eigenvalue weighted by Gasteiger charge is -2.06. The van der Waals surface area contributed by atoms with Crippen LogP contribution in [-0.2, 0) is 6.54 Å². The van der Waals surface area contributed by atoms with Crippen molar-refractivity contribution in [1.82, 2.24) is 15.3 Å². The number of nitrogens with one attached hydrogen (secondary N) is 2. The maximum absolute atomic E-state index is 12.0. The molecule has 21 heavy (non-hydrogen) atoms. The number of amides is 1. The van der Waals surface area contributed by atoms with E-state index >= 15 is 0 Å². The van der Waals surface area contributed by atoms with Gasteiger partial charge in [-0.25, -0.2) is 9.97 Å². The molecule has 0 fully saturated rings. The summed E-state index contributed by atoms with van der Waals surface area (Å²) < 4.78 is 0. The summed E-state index contributed by atoms with van der Waals surface area (Å²) in [6.07, 6.45) is 5.28. The van der Waals surface area contributed by atoms with Gasteiger partial charge in [0, 0.05) is 25.5 Å². The number of hydrogen-bond acceptors (Lipinski definition) is 4. The second kappa shape index (κ2) is 7.99. The second-order valence-corrected chi connectivity index (χ2v) is 4.74. The molecule has 0 aliphatic rings. The third-order valence-electron chi connectivity index (χ3n) is 3.02.